The molecule has 3 aromatic rings. The van der Waals surface area contributed by atoms with Crippen molar-refractivity contribution >= 4 is 16.7 Å². The summed E-state index contributed by atoms with van der Waals surface area (Å²) < 4.78 is 63.0. The minimum absolute atomic E-state index is 0.164. The van der Waals surface area contributed by atoms with Crippen LogP contribution in [-0.2, 0) is 12.7 Å². The lowest BCUT2D eigenvalue weighted by Gasteiger charge is -2.15. The standard InChI is InChI=1S/C18H13F4NO3/c1-25-16-8-15-12(13(18(20,21)22)7-17(24)26-15)6-14(16)23-9-10-3-2-4-11(19)5-10/h2-8,23H,9H2,1H3. The van der Waals surface area contributed by atoms with Gasteiger partial charge in [0.15, 0.2) is 0 Å². The maximum absolute atomic E-state index is 13.2. The molecule has 26 heavy (non-hydrogen) atoms. The first-order chi connectivity index (χ1) is 12.3. The van der Waals surface area contributed by atoms with Crippen LogP contribution in [-0.4, -0.2) is 7.11 Å². The van der Waals surface area contributed by atoms with Crippen molar-refractivity contribution < 1.29 is 26.7 Å². The van der Waals surface area contributed by atoms with Crippen LogP contribution in [0.25, 0.3) is 11.0 Å². The van der Waals surface area contributed by atoms with Gasteiger partial charge in [0, 0.05) is 24.1 Å². The van der Waals surface area contributed by atoms with Gasteiger partial charge < -0.3 is 14.5 Å². The highest BCUT2D eigenvalue weighted by molar-refractivity contribution is 5.87. The molecule has 0 aliphatic heterocycles. The van der Waals surface area contributed by atoms with Crippen molar-refractivity contribution in [2.75, 3.05) is 12.4 Å². The fourth-order valence-corrected chi connectivity index (χ4v) is 2.58. The molecule has 1 N–H and O–H groups in total. The fraction of sp³-hybridized carbons (Fsp3) is 0.167. The number of halogens is 4. The average molecular weight is 367 g/mol. The Morgan fingerprint density at radius 2 is 1.92 bits per heavy atom. The molecule has 0 aliphatic carbocycles. The van der Waals surface area contributed by atoms with Gasteiger partial charge in [0.25, 0.3) is 0 Å². The molecule has 2 aromatic carbocycles. The first-order valence-electron chi connectivity index (χ1n) is 7.49. The van der Waals surface area contributed by atoms with E-state index in [0.29, 0.717) is 11.6 Å². The Labute approximate surface area is 145 Å². The van der Waals surface area contributed by atoms with E-state index in [4.69, 9.17) is 9.15 Å². The van der Waals surface area contributed by atoms with Crippen LogP contribution in [0.3, 0.4) is 0 Å². The molecule has 3 rings (SSSR count). The molecular formula is C18H13F4NO3. The molecule has 0 atom stereocenters. The normalized spacial score (nSPS) is 11.6. The maximum atomic E-state index is 13.2. The maximum Gasteiger partial charge on any atom is 0.417 e. The van der Waals surface area contributed by atoms with Crippen LogP contribution in [0.1, 0.15) is 11.1 Å². The summed E-state index contributed by atoms with van der Waals surface area (Å²) in [4.78, 5) is 11.4. The zero-order valence-electron chi connectivity index (χ0n) is 13.5. The number of hydrogen-bond donors (Lipinski definition) is 1. The predicted molar refractivity (Wildman–Crippen MR) is 87.8 cm³/mol. The van der Waals surface area contributed by atoms with Gasteiger partial charge in [0.1, 0.15) is 17.1 Å². The molecule has 4 nitrogen and oxygen atoms in total. The van der Waals surface area contributed by atoms with E-state index in [9.17, 15) is 22.4 Å². The minimum Gasteiger partial charge on any atom is -0.494 e. The largest absolute Gasteiger partial charge is 0.494 e. The van der Waals surface area contributed by atoms with E-state index in [1.54, 1.807) is 6.07 Å². The second kappa shape index (κ2) is 6.70. The Bertz CT molecular complexity index is 1010. The fourth-order valence-electron chi connectivity index (χ4n) is 2.58. The van der Waals surface area contributed by atoms with Gasteiger partial charge in [0.05, 0.1) is 18.4 Å². The van der Waals surface area contributed by atoms with Crippen molar-refractivity contribution in [2.24, 2.45) is 0 Å². The van der Waals surface area contributed by atoms with Crippen molar-refractivity contribution in [3.63, 3.8) is 0 Å². The lowest BCUT2D eigenvalue weighted by molar-refractivity contribution is -0.136. The van der Waals surface area contributed by atoms with Gasteiger partial charge in [-0.25, -0.2) is 9.18 Å². The number of anilines is 1. The van der Waals surface area contributed by atoms with Gasteiger partial charge in [-0.3, -0.25) is 0 Å². The molecule has 0 spiro atoms. The molecule has 0 radical (unpaired) electrons. The molecule has 0 unspecified atom stereocenters. The number of ether oxygens (including phenoxy) is 1. The summed E-state index contributed by atoms with van der Waals surface area (Å²) in [6.45, 7) is 0.164. The number of fused-ring (bicyclic) bond motifs is 1. The number of nitrogens with one attached hydrogen (secondary N) is 1. The van der Waals surface area contributed by atoms with Gasteiger partial charge in [-0.2, -0.15) is 13.2 Å². The highest BCUT2D eigenvalue weighted by atomic mass is 19.4. The van der Waals surface area contributed by atoms with Crippen molar-refractivity contribution in [1.29, 1.82) is 0 Å². The molecule has 0 saturated carbocycles. The zero-order chi connectivity index (χ0) is 18.9. The molecule has 0 saturated heterocycles. The topological polar surface area (TPSA) is 51.5 Å². The minimum atomic E-state index is -4.72. The highest BCUT2D eigenvalue weighted by Crippen LogP contribution is 2.38. The smallest absolute Gasteiger partial charge is 0.417 e. The first kappa shape index (κ1) is 17.8. The number of rotatable bonds is 4. The summed E-state index contributed by atoms with van der Waals surface area (Å²) in [5, 5.41) is 2.64. The van der Waals surface area contributed by atoms with E-state index in [0.717, 1.165) is 0 Å². The third kappa shape index (κ3) is 3.63. The quantitative estimate of drug-likeness (QED) is 0.542. The predicted octanol–water partition coefficient (Wildman–Crippen LogP) is 4.57. The van der Waals surface area contributed by atoms with Crippen molar-refractivity contribution in [3.8, 4) is 5.75 Å². The Kier molecular flexibility index (Phi) is 4.58. The van der Waals surface area contributed by atoms with Crippen LogP contribution in [0.5, 0.6) is 5.75 Å². The summed E-state index contributed by atoms with van der Waals surface area (Å²) in [6.07, 6.45) is -4.72. The summed E-state index contributed by atoms with van der Waals surface area (Å²) >= 11 is 0. The van der Waals surface area contributed by atoms with Gasteiger partial charge in [-0.15, -0.1) is 0 Å². The van der Waals surface area contributed by atoms with E-state index >= 15 is 0 Å². The lowest BCUT2D eigenvalue weighted by atomic mass is 10.1. The van der Waals surface area contributed by atoms with Gasteiger partial charge >= 0.3 is 11.8 Å². The highest BCUT2D eigenvalue weighted by Gasteiger charge is 2.34. The molecule has 1 aromatic heterocycles. The monoisotopic (exact) mass is 367 g/mol. The second-order valence-electron chi connectivity index (χ2n) is 5.51. The van der Waals surface area contributed by atoms with Gasteiger partial charge in [-0.1, -0.05) is 12.1 Å². The molecular weight excluding hydrogens is 354 g/mol. The third-order valence-corrected chi connectivity index (χ3v) is 3.74. The molecule has 136 valence electrons. The van der Waals surface area contributed by atoms with Crippen LogP contribution in [0, 0.1) is 5.82 Å². The van der Waals surface area contributed by atoms with Crippen LogP contribution >= 0.6 is 0 Å². The van der Waals surface area contributed by atoms with E-state index < -0.39 is 23.2 Å². The van der Waals surface area contributed by atoms with E-state index in [2.05, 4.69) is 5.32 Å². The summed E-state index contributed by atoms with van der Waals surface area (Å²) in [6, 6.07) is 8.60. The lowest BCUT2D eigenvalue weighted by Crippen LogP contribution is -2.11. The van der Waals surface area contributed by atoms with Crippen LogP contribution < -0.4 is 15.7 Å². The SMILES string of the molecule is COc1cc2oc(=O)cc(C(F)(F)F)c2cc1NCc1cccc(F)c1. The van der Waals surface area contributed by atoms with Gasteiger partial charge in [0.2, 0.25) is 0 Å². The molecule has 0 amide bonds. The first-order valence-corrected chi connectivity index (χ1v) is 7.49. The van der Waals surface area contributed by atoms with Crippen LogP contribution in [0.4, 0.5) is 23.2 Å². The molecule has 0 bridgehead atoms. The molecule has 0 fully saturated rings. The third-order valence-electron chi connectivity index (χ3n) is 3.74. The Morgan fingerprint density at radius 3 is 2.58 bits per heavy atom. The van der Waals surface area contributed by atoms with Crippen molar-refractivity contribution in [3.05, 3.63) is 69.8 Å². The average Bonchev–Trinajstić information content (AvgIpc) is 2.57. The Hall–Kier alpha value is -3.03. The number of methoxy groups -OCH3 is 1. The molecule has 0 aliphatic rings. The van der Waals surface area contributed by atoms with Gasteiger partial charge in [-0.05, 0) is 23.8 Å². The number of benzene rings is 2. The summed E-state index contributed by atoms with van der Waals surface area (Å²) in [5.41, 5.74) is -1.59. The van der Waals surface area contributed by atoms with E-state index in [1.807, 2.05) is 0 Å². The number of alkyl halides is 3. The molecule has 8 heteroatoms. The molecule has 1 heterocycles. The van der Waals surface area contributed by atoms with Crippen LogP contribution in [0.15, 0.2) is 51.7 Å². The zero-order valence-corrected chi connectivity index (χ0v) is 13.5. The van der Waals surface area contributed by atoms with Crippen molar-refractivity contribution in [2.45, 2.75) is 12.7 Å². The summed E-state index contributed by atoms with van der Waals surface area (Å²) in [7, 11) is 1.33. The Balaban J connectivity index is 2.07. The Morgan fingerprint density at radius 1 is 1.15 bits per heavy atom. The van der Waals surface area contributed by atoms with Crippen molar-refractivity contribution in [1.82, 2.24) is 0 Å². The number of hydrogen-bond acceptors (Lipinski definition) is 4. The van der Waals surface area contributed by atoms with E-state index in [1.165, 1.54) is 37.4 Å². The van der Waals surface area contributed by atoms with Crippen LogP contribution in [0.2, 0.25) is 0 Å². The second-order valence-corrected chi connectivity index (χ2v) is 5.51. The summed E-state index contributed by atoms with van der Waals surface area (Å²) in [5.74, 6) is -0.229. The van der Waals surface area contributed by atoms with E-state index in [-0.39, 0.29) is 29.0 Å².